The van der Waals surface area contributed by atoms with Gasteiger partial charge >= 0.3 is 0 Å². The predicted octanol–water partition coefficient (Wildman–Crippen LogP) is 2.25. The van der Waals surface area contributed by atoms with Crippen LogP contribution in [0.5, 0.6) is 5.75 Å². The average molecular weight is 255 g/mol. The maximum Gasteiger partial charge on any atom is 0.125 e. The number of hydrogen-bond acceptors (Lipinski definition) is 3. The first-order valence-electron chi connectivity index (χ1n) is 6.07. The molecular weight excluding hydrogens is 240 g/mol. The molecule has 0 aliphatic heterocycles. The smallest absolute Gasteiger partial charge is 0.125 e. The van der Waals surface area contributed by atoms with E-state index in [1.54, 1.807) is 12.1 Å². The fraction of sp³-hybridized carbons (Fsp3) is 0.188. The van der Waals surface area contributed by atoms with Crippen molar-refractivity contribution in [1.82, 2.24) is 0 Å². The molecule has 0 N–H and O–H groups in total. The standard InChI is InChI=1S/C16H16O3/c1-11-8-14(16(17)18)9-12(2)15(11)19-10-13-6-4-3-5-7-13/h3-9H,10H2,1-2H3,(H,17,18)/p-1. The Morgan fingerprint density at radius 2 is 1.68 bits per heavy atom. The zero-order valence-electron chi connectivity index (χ0n) is 11.0. The van der Waals surface area contributed by atoms with Crippen LogP contribution in [0.2, 0.25) is 0 Å². The van der Waals surface area contributed by atoms with E-state index in [-0.39, 0.29) is 5.56 Å². The zero-order chi connectivity index (χ0) is 13.8. The maximum absolute atomic E-state index is 10.8. The summed E-state index contributed by atoms with van der Waals surface area (Å²) in [6.45, 7) is 4.13. The van der Waals surface area contributed by atoms with Crippen LogP contribution < -0.4 is 9.84 Å². The Balaban J connectivity index is 2.19. The van der Waals surface area contributed by atoms with Crippen LogP contribution in [0.15, 0.2) is 42.5 Å². The summed E-state index contributed by atoms with van der Waals surface area (Å²) in [5.74, 6) is -0.435. The number of aromatic carboxylic acids is 1. The van der Waals surface area contributed by atoms with E-state index in [4.69, 9.17) is 4.74 Å². The molecule has 2 aromatic rings. The third-order valence-corrected chi connectivity index (χ3v) is 2.92. The molecule has 3 nitrogen and oxygen atoms in total. The van der Waals surface area contributed by atoms with Crippen molar-refractivity contribution >= 4 is 5.97 Å². The monoisotopic (exact) mass is 255 g/mol. The van der Waals surface area contributed by atoms with Gasteiger partial charge in [0.25, 0.3) is 0 Å². The van der Waals surface area contributed by atoms with E-state index in [2.05, 4.69) is 0 Å². The summed E-state index contributed by atoms with van der Waals surface area (Å²) in [6, 6.07) is 13.0. The molecule has 19 heavy (non-hydrogen) atoms. The van der Waals surface area contributed by atoms with Crippen molar-refractivity contribution in [3.8, 4) is 5.75 Å². The summed E-state index contributed by atoms with van der Waals surface area (Å²) in [5.41, 5.74) is 2.86. The van der Waals surface area contributed by atoms with Gasteiger partial charge in [0.2, 0.25) is 0 Å². The first kappa shape index (κ1) is 13.1. The van der Waals surface area contributed by atoms with Crippen molar-refractivity contribution in [2.24, 2.45) is 0 Å². The second kappa shape index (κ2) is 5.57. The second-order valence-electron chi connectivity index (χ2n) is 4.50. The quantitative estimate of drug-likeness (QED) is 0.842. The minimum Gasteiger partial charge on any atom is -0.545 e. The van der Waals surface area contributed by atoms with Gasteiger partial charge in [-0.05, 0) is 48.2 Å². The molecule has 0 unspecified atom stereocenters. The molecule has 0 saturated carbocycles. The second-order valence-corrected chi connectivity index (χ2v) is 4.50. The minimum atomic E-state index is -1.17. The zero-order valence-corrected chi connectivity index (χ0v) is 11.0. The fourth-order valence-corrected chi connectivity index (χ4v) is 2.03. The predicted molar refractivity (Wildman–Crippen MR) is 71.0 cm³/mol. The topological polar surface area (TPSA) is 49.4 Å². The van der Waals surface area contributed by atoms with Crippen molar-refractivity contribution in [1.29, 1.82) is 0 Å². The fourth-order valence-electron chi connectivity index (χ4n) is 2.03. The average Bonchev–Trinajstić information content (AvgIpc) is 2.38. The van der Waals surface area contributed by atoms with Gasteiger partial charge in [0.15, 0.2) is 0 Å². The van der Waals surface area contributed by atoms with E-state index >= 15 is 0 Å². The molecule has 0 saturated heterocycles. The van der Waals surface area contributed by atoms with Crippen LogP contribution in [0.3, 0.4) is 0 Å². The van der Waals surface area contributed by atoms with Crippen LogP contribution in [0.1, 0.15) is 27.0 Å². The van der Waals surface area contributed by atoms with E-state index in [1.807, 2.05) is 44.2 Å². The highest BCUT2D eigenvalue weighted by molar-refractivity contribution is 5.86. The van der Waals surface area contributed by atoms with Crippen molar-refractivity contribution in [3.63, 3.8) is 0 Å². The molecule has 0 atom stereocenters. The molecule has 0 fully saturated rings. The Morgan fingerprint density at radius 1 is 1.11 bits per heavy atom. The first-order chi connectivity index (χ1) is 9.08. The third kappa shape index (κ3) is 3.13. The van der Waals surface area contributed by atoms with Gasteiger partial charge < -0.3 is 14.6 Å². The number of carboxylic acid groups (broad SMARTS) is 1. The number of carboxylic acids is 1. The van der Waals surface area contributed by atoms with Crippen molar-refractivity contribution < 1.29 is 14.6 Å². The molecular formula is C16H15O3-. The summed E-state index contributed by atoms with van der Waals surface area (Å²) in [6.07, 6.45) is 0. The summed E-state index contributed by atoms with van der Waals surface area (Å²) in [4.78, 5) is 10.8. The van der Waals surface area contributed by atoms with Gasteiger partial charge in [-0.2, -0.15) is 0 Å². The summed E-state index contributed by atoms with van der Waals surface area (Å²) < 4.78 is 5.78. The van der Waals surface area contributed by atoms with E-state index in [9.17, 15) is 9.90 Å². The first-order valence-corrected chi connectivity index (χ1v) is 6.07. The maximum atomic E-state index is 10.8. The van der Waals surface area contributed by atoms with Gasteiger partial charge in [0, 0.05) is 0 Å². The van der Waals surface area contributed by atoms with Gasteiger partial charge in [0.1, 0.15) is 12.4 Å². The lowest BCUT2D eigenvalue weighted by atomic mass is 10.1. The van der Waals surface area contributed by atoms with Gasteiger partial charge in [-0.3, -0.25) is 0 Å². The highest BCUT2D eigenvalue weighted by Gasteiger charge is 2.07. The number of benzene rings is 2. The molecule has 2 aromatic carbocycles. The molecule has 0 amide bonds. The van der Waals surface area contributed by atoms with E-state index in [0.717, 1.165) is 22.4 Å². The highest BCUT2D eigenvalue weighted by atomic mass is 16.5. The van der Waals surface area contributed by atoms with Crippen LogP contribution in [0, 0.1) is 13.8 Å². The molecule has 0 bridgehead atoms. The summed E-state index contributed by atoms with van der Waals surface area (Å²) in [7, 11) is 0. The number of aryl methyl sites for hydroxylation is 2. The molecule has 0 heterocycles. The Labute approximate surface area is 112 Å². The lowest BCUT2D eigenvalue weighted by Gasteiger charge is -2.14. The number of carbonyl (C=O) groups is 1. The van der Waals surface area contributed by atoms with Crippen molar-refractivity contribution in [2.45, 2.75) is 20.5 Å². The van der Waals surface area contributed by atoms with Gasteiger partial charge in [-0.25, -0.2) is 0 Å². The van der Waals surface area contributed by atoms with Crippen LogP contribution in [-0.4, -0.2) is 5.97 Å². The molecule has 0 radical (unpaired) electrons. The number of carbonyl (C=O) groups excluding carboxylic acids is 1. The normalized spacial score (nSPS) is 10.2. The molecule has 2 rings (SSSR count). The van der Waals surface area contributed by atoms with Crippen molar-refractivity contribution in [2.75, 3.05) is 0 Å². The van der Waals surface area contributed by atoms with Gasteiger partial charge in [-0.1, -0.05) is 30.3 Å². The summed E-state index contributed by atoms with van der Waals surface area (Å²) in [5, 5.41) is 10.8. The Kier molecular flexibility index (Phi) is 3.85. The molecule has 0 spiro atoms. The SMILES string of the molecule is Cc1cc(C(=O)[O-])cc(C)c1OCc1ccccc1. The lowest BCUT2D eigenvalue weighted by molar-refractivity contribution is -0.255. The lowest BCUT2D eigenvalue weighted by Crippen LogP contribution is -2.22. The Morgan fingerprint density at radius 3 is 2.21 bits per heavy atom. The van der Waals surface area contributed by atoms with E-state index in [0.29, 0.717) is 6.61 Å². The van der Waals surface area contributed by atoms with Gasteiger partial charge in [0.05, 0.1) is 5.97 Å². The number of hydrogen-bond donors (Lipinski definition) is 0. The summed E-state index contributed by atoms with van der Waals surface area (Å²) >= 11 is 0. The Hall–Kier alpha value is -2.29. The molecule has 98 valence electrons. The number of rotatable bonds is 4. The largest absolute Gasteiger partial charge is 0.545 e. The number of ether oxygens (including phenoxy) is 1. The molecule has 0 aromatic heterocycles. The van der Waals surface area contributed by atoms with Gasteiger partial charge in [-0.15, -0.1) is 0 Å². The molecule has 3 heteroatoms. The minimum absolute atomic E-state index is 0.182. The Bertz CT molecular complexity index is 565. The highest BCUT2D eigenvalue weighted by Crippen LogP contribution is 2.25. The molecule has 0 aliphatic rings. The third-order valence-electron chi connectivity index (χ3n) is 2.92. The van der Waals surface area contributed by atoms with Crippen molar-refractivity contribution in [3.05, 3.63) is 64.7 Å². The van der Waals surface area contributed by atoms with Crippen LogP contribution in [-0.2, 0) is 6.61 Å². The van der Waals surface area contributed by atoms with E-state index < -0.39 is 5.97 Å². The van der Waals surface area contributed by atoms with E-state index in [1.165, 1.54) is 0 Å². The van der Waals surface area contributed by atoms with Crippen LogP contribution in [0.25, 0.3) is 0 Å². The van der Waals surface area contributed by atoms with Crippen LogP contribution >= 0.6 is 0 Å². The van der Waals surface area contributed by atoms with Crippen LogP contribution in [0.4, 0.5) is 0 Å². The molecule has 0 aliphatic carbocycles.